The Morgan fingerprint density at radius 2 is 2.00 bits per heavy atom. The number of methoxy groups -OCH3 is 1. The van der Waals surface area contributed by atoms with Crippen LogP contribution in [-0.2, 0) is 11.3 Å². The minimum absolute atomic E-state index is 0.0666. The molecular formula is C21H21N3O2. The Morgan fingerprint density at radius 3 is 2.73 bits per heavy atom. The van der Waals surface area contributed by atoms with E-state index in [2.05, 4.69) is 17.2 Å². The first kappa shape index (κ1) is 16.4. The summed E-state index contributed by atoms with van der Waals surface area (Å²) < 4.78 is 7.36. The maximum atomic E-state index is 12.6. The van der Waals surface area contributed by atoms with Crippen LogP contribution in [0.1, 0.15) is 18.2 Å². The molecule has 26 heavy (non-hydrogen) atoms. The van der Waals surface area contributed by atoms with Gasteiger partial charge in [-0.2, -0.15) is 0 Å². The van der Waals surface area contributed by atoms with Crippen molar-refractivity contribution < 1.29 is 9.53 Å². The lowest BCUT2D eigenvalue weighted by Gasteiger charge is -2.17. The van der Waals surface area contributed by atoms with Crippen LogP contribution >= 0.6 is 0 Å². The summed E-state index contributed by atoms with van der Waals surface area (Å²) in [6.07, 6.45) is 2.34. The number of amides is 1. The third-order valence-electron chi connectivity index (χ3n) is 4.87. The number of carbonyl (C=O) groups excluding carboxylic acids is 1. The van der Waals surface area contributed by atoms with E-state index in [0.717, 1.165) is 28.3 Å². The molecule has 0 spiro atoms. The second-order valence-corrected chi connectivity index (χ2v) is 6.46. The Morgan fingerprint density at radius 1 is 1.23 bits per heavy atom. The number of aromatic nitrogens is 2. The molecule has 2 aromatic carbocycles. The summed E-state index contributed by atoms with van der Waals surface area (Å²) >= 11 is 0. The average molecular weight is 347 g/mol. The third kappa shape index (κ3) is 2.75. The van der Waals surface area contributed by atoms with Crippen molar-refractivity contribution in [1.29, 1.82) is 0 Å². The minimum atomic E-state index is 0.0666. The number of nitrogens with zero attached hydrogens (tertiary/aromatic N) is 3. The molecule has 1 fully saturated rings. The summed E-state index contributed by atoms with van der Waals surface area (Å²) in [5.74, 6) is 1.93. The van der Waals surface area contributed by atoms with Crippen LogP contribution in [0.5, 0.6) is 5.75 Å². The minimum Gasteiger partial charge on any atom is -0.497 e. The van der Waals surface area contributed by atoms with Gasteiger partial charge in [-0.1, -0.05) is 18.2 Å². The largest absolute Gasteiger partial charge is 0.497 e. The van der Waals surface area contributed by atoms with Crippen LogP contribution in [0.15, 0.2) is 61.2 Å². The number of para-hydroxylation sites is 2. The summed E-state index contributed by atoms with van der Waals surface area (Å²) in [6.45, 7) is 5.18. The molecule has 1 aliphatic rings. The predicted molar refractivity (Wildman–Crippen MR) is 103 cm³/mol. The van der Waals surface area contributed by atoms with Gasteiger partial charge in [0, 0.05) is 31.1 Å². The van der Waals surface area contributed by atoms with E-state index in [4.69, 9.17) is 9.72 Å². The van der Waals surface area contributed by atoms with E-state index < -0.39 is 0 Å². The predicted octanol–water partition coefficient (Wildman–Crippen LogP) is 3.75. The van der Waals surface area contributed by atoms with Gasteiger partial charge in [-0.15, -0.1) is 6.58 Å². The zero-order valence-corrected chi connectivity index (χ0v) is 14.8. The van der Waals surface area contributed by atoms with Crippen molar-refractivity contribution in [3.63, 3.8) is 0 Å². The lowest BCUT2D eigenvalue weighted by Crippen LogP contribution is -2.24. The average Bonchev–Trinajstić information content (AvgIpc) is 3.23. The lowest BCUT2D eigenvalue weighted by atomic mass is 10.1. The van der Waals surface area contributed by atoms with E-state index in [-0.39, 0.29) is 11.8 Å². The fraction of sp³-hybridized carbons (Fsp3) is 0.238. The Bertz CT molecular complexity index is 959. The number of hydrogen-bond acceptors (Lipinski definition) is 3. The van der Waals surface area contributed by atoms with Gasteiger partial charge in [0.1, 0.15) is 11.6 Å². The van der Waals surface area contributed by atoms with E-state index in [0.29, 0.717) is 19.5 Å². The smallest absolute Gasteiger partial charge is 0.227 e. The van der Waals surface area contributed by atoms with E-state index in [1.807, 2.05) is 53.4 Å². The van der Waals surface area contributed by atoms with Crippen LogP contribution in [0, 0.1) is 0 Å². The van der Waals surface area contributed by atoms with Crippen LogP contribution in [0.2, 0.25) is 0 Å². The van der Waals surface area contributed by atoms with Gasteiger partial charge in [-0.25, -0.2) is 4.98 Å². The fourth-order valence-electron chi connectivity index (χ4n) is 3.62. The molecule has 5 nitrogen and oxygen atoms in total. The van der Waals surface area contributed by atoms with E-state index >= 15 is 0 Å². The second-order valence-electron chi connectivity index (χ2n) is 6.46. The number of benzene rings is 2. The monoisotopic (exact) mass is 347 g/mol. The summed E-state index contributed by atoms with van der Waals surface area (Å²) in [7, 11) is 1.64. The van der Waals surface area contributed by atoms with Crippen molar-refractivity contribution in [2.45, 2.75) is 18.9 Å². The molecule has 0 N–H and O–H groups in total. The van der Waals surface area contributed by atoms with Crippen molar-refractivity contribution in [2.75, 3.05) is 18.6 Å². The summed E-state index contributed by atoms with van der Waals surface area (Å²) in [6, 6.07) is 15.7. The van der Waals surface area contributed by atoms with Crippen LogP contribution in [0.25, 0.3) is 11.0 Å². The Hall–Kier alpha value is -3.08. The van der Waals surface area contributed by atoms with Crippen molar-refractivity contribution >= 4 is 22.6 Å². The Balaban J connectivity index is 1.67. The highest BCUT2D eigenvalue weighted by Crippen LogP contribution is 2.33. The summed E-state index contributed by atoms with van der Waals surface area (Å²) in [5, 5.41) is 0. The number of fused-ring (bicyclic) bond motifs is 1. The van der Waals surface area contributed by atoms with E-state index in [1.165, 1.54) is 0 Å². The molecule has 5 heteroatoms. The highest BCUT2D eigenvalue weighted by molar-refractivity contribution is 5.96. The SMILES string of the molecule is C=CCn1c([C@H]2CC(=O)N(c3ccc(OC)cc3)C2)nc2ccccc21. The molecule has 1 amide bonds. The second kappa shape index (κ2) is 6.67. The molecule has 0 radical (unpaired) electrons. The number of rotatable bonds is 5. The Labute approximate surface area is 152 Å². The third-order valence-corrected chi connectivity index (χ3v) is 4.87. The molecule has 1 atom stereocenters. The quantitative estimate of drug-likeness (QED) is 0.661. The Kier molecular flexibility index (Phi) is 4.21. The molecule has 2 heterocycles. The number of imidazole rings is 1. The van der Waals surface area contributed by atoms with Crippen LogP contribution < -0.4 is 9.64 Å². The highest BCUT2D eigenvalue weighted by atomic mass is 16.5. The first-order valence-electron chi connectivity index (χ1n) is 8.71. The molecule has 0 saturated carbocycles. The lowest BCUT2D eigenvalue weighted by molar-refractivity contribution is -0.117. The first-order chi connectivity index (χ1) is 12.7. The van der Waals surface area contributed by atoms with Gasteiger partial charge >= 0.3 is 0 Å². The molecule has 1 aromatic heterocycles. The standard InChI is InChI=1S/C21H21N3O2/c1-3-12-23-19-7-5-4-6-18(19)22-21(23)15-13-20(25)24(14-15)16-8-10-17(26-2)11-9-16/h3-11,15H,1,12-14H2,2H3/t15-/m0/s1. The van der Waals surface area contributed by atoms with Crippen molar-refractivity contribution in [3.05, 3.63) is 67.0 Å². The van der Waals surface area contributed by atoms with Gasteiger partial charge in [0.25, 0.3) is 0 Å². The molecule has 132 valence electrons. The van der Waals surface area contributed by atoms with Crippen molar-refractivity contribution in [2.24, 2.45) is 0 Å². The topological polar surface area (TPSA) is 47.4 Å². The molecule has 4 rings (SSSR count). The van der Waals surface area contributed by atoms with Crippen LogP contribution in [0.3, 0.4) is 0 Å². The summed E-state index contributed by atoms with van der Waals surface area (Å²) in [4.78, 5) is 19.3. The molecule has 0 unspecified atom stereocenters. The van der Waals surface area contributed by atoms with E-state index in [1.54, 1.807) is 7.11 Å². The van der Waals surface area contributed by atoms with Gasteiger partial charge in [0.15, 0.2) is 0 Å². The molecule has 0 bridgehead atoms. The number of anilines is 1. The molecule has 1 aliphatic heterocycles. The normalized spacial score (nSPS) is 17.0. The highest BCUT2D eigenvalue weighted by Gasteiger charge is 2.34. The van der Waals surface area contributed by atoms with Gasteiger partial charge in [0.05, 0.1) is 18.1 Å². The maximum absolute atomic E-state index is 12.6. The molecule has 1 saturated heterocycles. The fourth-order valence-corrected chi connectivity index (χ4v) is 3.62. The summed E-state index contributed by atoms with van der Waals surface area (Å²) in [5.41, 5.74) is 2.93. The van der Waals surface area contributed by atoms with Crippen molar-refractivity contribution in [1.82, 2.24) is 9.55 Å². The number of hydrogen-bond donors (Lipinski definition) is 0. The van der Waals surface area contributed by atoms with Crippen molar-refractivity contribution in [3.8, 4) is 5.75 Å². The number of allylic oxidation sites excluding steroid dienone is 1. The van der Waals surface area contributed by atoms with Gasteiger partial charge in [-0.05, 0) is 36.4 Å². The molecule has 3 aromatic rings. The first-order valence-corrected chi connectivity index (χ1v) is 8.71. The molecule has 0 aliphatic carbocycles. The van der Waals surface area contributed by atoms with Crippen LogP contribution in [0.4, 0.5) is 5.69 Å². The van der Waals surface area contributed by atoms with Gasteiger partial charge in [0.2, 0.25) is 5.91 Å². The number of carbonyl (C=O) groups is 1. The number of ether oxygens (including phenoxy) is 1. The zero-order valence-electron chi connectivity index (χ0n) is 14.8. The zero-order chi connectivity index (χ0) is 18.1. The van der Waals surface area contributed by atoms with E-state index in [9.17, 15) is 4.79 Å². The van der Waals surface area contributed by atoms with Gasteiger partial charge in [-0.3, -0.25) is 4.79 Å². The maximum Gasteiger partial charge on any atom is 0.227 e. The van der Waals surface area contributed by atoms with Crippen LogP contribution in [-0.4, -0.2) is 29.1 Å². The van der Waals surface area contributed by atoms with Gasteiger partial charge < -0.3 is 14.2 Å². The molecular weight excluding hydrogens is 326 g/mol.